The van der Waals surface area contributed by atoms with Crippen molar-refractivity contribution >= 4 is 5.82 Å². The molecule has 1 aromatic heterocycles. The van der Waals surface area contributed by atoms with Gasteiger partial charge < -0.3 is 19.5 Å². The molecule has 1 unspecified atom stereocenters. The maximum absolute atomic E-state index is 10.0. The number of pyridine rings is 1. The van der Waals surface area contributed by atoms with E-state index < -0.39 is 0 Å². The highest BCUT2D eigenvalue weighted by Crippen LogP contribution is 2.38. The van der Waals surface area contributed by atoms with E-state index in [0.29, 0.717) is 18.4 Å². The fourth-order valence-electron chi connectivity index (χ4n) is 4.06. The number of benzene rings is 2. The number of aromatic nitrogens is 1. The Hall–Kier alpha value is -3.47. The van der Waals surface area contributed by atoms with Gasteiger partial charge in [-0.3, -0.25) is 0 Å². The van der Waals surface area contributed by atoms with Crippen molar-refractivity contribution in [3.05, 3.63) is 67.3 Å². The third-order valence-corrected chi connectivity index (χ3v) is 5.69. The van der Waals surface area contributed by atoms with Crippen LogP contribution in [0.3, 0.4) is 0 Å². The Morgan fingerprint density at radius 3 is 2.71 bits per heavy atom. The van der Waals surface area contributed by atoms with Gasteiger partial charge in [0.1, 0.15) is 18.2 Å². The Morgan fingerprint density at radius 1 is 1.13 bits per heavy atom. The highest BCUT2D eigenvalue weighted by atomic mass is 16.5. The number of hydrogen-bond acceptors (Lipinski definition) is 5. The summed E-state index contributed by atoms with van der Waals surface area (Å²) >= 11 is 0. The Balaban J connectivity index is 1.86. The van der Waals surface area contributed by atoms with E-state index in [1.807, 2.05) is 30.3 Å². The van der Waals surface area contributed by atoms with Gasteiger partial charge in [-0.1, -0.05) is 30.9 Å². The second-order valence-electron chi connectivity index (χ2n) is 7.77. The quantitative estimate of drug-likeness (QED) is 0.502. The van der Waals surface area contributed by atoms with Crippen LogP contribution in [-0.2, 0) is 0 Å². The predicted octanol–water partition coefficient (Wildman–Crippen LogP) is 5.68. The van der Waals surface area contributed by atoms with Gasteiger partial charge in [-0.2, -0.15) is 0 Å². The van der Waals surface area contributed by atoms with Gasteiger partial charge in [-0.15, -0.1) is 0 Å². The van der Waals surface area contributed by atoms with Crippen molar-refractivity contribution in [2.75, 3.05) is 25.2 Å². The predicted molar refractivity (Wildman–Crippen MR) is 125 cm³/mol. The topological polar surface area (TPSA) is 54.8 Å². The summed E-state index contributed by atoms with van der Waals surface area (Å²) in [5, 5.41) is 10.0. The van der Waals surface area contributed by atoms with E-state index in [1.54, 1.807) is 19.3 Å². The van der Waals surface area contributed by atoms with E-state index >= 15 is 0 Å². The Morgan fingerprint density at radius 2 is 1.97 bits per heavy atom. The van der Waals surface area contributed by atoms with Crippen LogP contribution in [0.4, 0.5) is 5.82 Å². The first-order chi connectivity index (χ1) is 15.1. The van der Waals surface area contributed by atoms with E-state index in [2.05, 4.69) is 36.6 Å². The molecule has 5 heteroatoms. The van der Waals surface area contributed by atoms with Crippen molar-refractivity contribution in [2.24, 2.45) is 0 Å². The highest BCUT2D eigenvalue weighted by molar-refractivity contribution is 5.78. The maximum Gasteiger partial charge on any atom is 0.161 e. The van der Waals surface area contributed by atoms with Crippen molar-refractivity contribution in [2.45, 2.75) is 25.8 Å². The molecule has 1 aliphatic heterocycles. The Bertz CT molecular complexity index is 1080. The van der Waals surface area contributed by atoms with Crippen LogP contribution < -0.4 is 14.4 Å². The largest absolute Gasteiger partial charge is 0.504 e. The molecule has 0 saturated carbocycles. The van der Waals surface area contributed by atoms with E-state index in [-0.39, 0.29) is 5.75 Å². The minimum atomic E-state index is 0.110. The Labute approximate surface area is 183 Å². The fourth-order valence-corrected chi connectivity index (χ4v) is 4.06. The summed E-state index contributed by atoms with van der Waals surface area (Å²) < 4.78 is 11.2. The number of phenolic OH excluding ortho intramolecular Hbond substituents is 1. The molecule has 0 aliphatic carbocycles. The van der Waals surface area contributed by atoms with Gasteiger partial charge in [0, 0.05) is 23.7 Å². The van der Waals surface area contributed by atoms with Crippen molar-refractivity contribution < 1.29 is 14.6 Å². The molecular weight excluding hydrogens is 388 g/mol. The van der Waals surface area contributed by atoms with E-state index in [0.717, 1.165) is 53.3 Å². The molecule has 0 amide bonds. The molecule has 1 aliphatic rings. The minimum absolute atomic E-state index is 0.110. The summed E-state index contributed by atoms with van der Waals surface area (Å²) in [7, 11) is 1.55. The summed E-state index contributed by atoms with van der Waals surface area (Å²) in [6.45, 7) is 7.43. The molecule has 3 aromatic rings. The summed E-state index contributed by atoms with van der Waals surface area (Å²) in [4.78, 5) is 7.35. The molecule has 2 heterocycles. The summed E-state index contributed by atoms with van der Waals surface area (Å²) in [6, 6.07) is 18.0. The van der Waals surface area contributed by atoms with Crippen LogP contribution in [0.2, 0.25) is 0 Å². The van der Waals surface area contributed by atoms with Crippen molar-refractivity contribution in [1.82, 2.24) is 4.98 Å². The zero-order valence-corrected chi connectivity index (χ0v) is 18.0. The lowest BCUT2D eigenvalue weighted by atomic mass is 10.0. The third-order valence-electron chi connectivity index (χ3n) is 5.69. The monoisotopic (exact) mass is 416 g/mol. The number of methoxy groups -OCH3 is 1. The van der Waals surface area contributed by atoms with Gasteiger partial charge in [0.2, 0.25) is 0 Å². The molecule has 0 spiro atoms. The molecule has 0 bridgehead atoms. The molecule has 5 nitrogen and oxygen atoms in total. The summed E-state index contributed by atoms with van der Waals surface area (Å²) in [5.41, 5.74) is 3.75. The number of para-hydroxylation sites is 1. The van der Waals surface area contributed by atoms with Gasteiger partial charge in [0.25, 0.3) is 0 Å². The zero-order chi connectivity index (χ0) is 21.8. The van der Waals surface area contributed by atoms with E-state index in [4.69, 9.17) is 14.5 Å². The first-order valence-corrected chi connectivity index (χ1v) is 10.6. The minimum Gasteiger partial charge on any atom is -0.504 e. The van der Waals surface area contributed by atoms with Gasteiger partial charge in [0.05, 0.1) is 12.8 Å². The summed E-state index contributed by atoms with van der Waals surface area (Å²) in [5.74, 6) is 2.29. The number of hydrogen-bond donors (Lipinski definition) is 1. The second-order valence-corrected chi connectivity index (χ2v) is 7.77. The number of rotatable bonds is 7. The lowest BCUT2D eigenvalue weighted by Gasteiger charge is -2.24. The van der Waals surface area contributed by atoms with Crippen molar-refractivity contribution in [3.8, 4) is 39.6 Å². The smallest absolute Gasteiger partial charge is 0.161 e. The highest BCUT2D eigenvalue weighted by Gasteiger charge is 2.23. The lowest BCUT2D eigenvalue weighted by Crippen LogP contribution is -2.27. The maximum atomic E-state index is 10.0. The SMILES string of the molecule is C=CCOc1ccccc1-c1cc(-c2ccc(O)c(OC)c2)nc(N2CCCC2C)c1. The molecule has 1 saturated heterocycles. The van der Waals surface area contributed by atoms with Gasteiger partial charge in [-0.25, -0.2) is 4.98 Å². The molecule has 2 aromatic carbocycles. The van der Waals surface area contributed by atoms with Crippen LogP contribution in [0.15, 0.2) is 67.3 Å². The normalized spacial score (nSPS) is 15.7. The molecule has 1 N–H and O–H groups in total. The van der Waals surface area contributed by atoms with Crippen LogP contribution in [0.5, 0.6) is 17.2 Å². The average Bonchev–Trinajstić information content (AvgIpc) is 3.23. The fraction of sp³-hybridized carbons (Fsp3) is 0.269. The number of anilines is 1. The van der Waals surface area contributed by atoms with Crippen LogP contribution >= 0.6 is 0 Å². The van der Waals surface area contributed by atoms with Gasteiger partial charge >= 0.3 is 0 Å². The summed E-state index contributed by atoms with van der Waals surface area (Å²) in [6.07, 6.45) is 4.07. The molecule has 31 heavy (non-hydrogen) atoms. The van der Waals surface area contributed by atoms with Crippen LogP contribution in [0.1, 0.15) is 19.8 Å². The van der Waals surface area contributed by atoms with Crippen LogP contribution in [0, 0.1) is 0 Å². The van der Waals surface area contributed by atoms with Crippen LogP contribution in [0.25, 0.3) is 22.4 Å². The van der Waals surface area contributed by atoms with E-state index in [1.165, 1.54) is 0 Å². The second kappa shape index (κ2) is 9.13. The van der Waals surface area contributed by atoms with Crippen molar-refractivity contribution in [1.29, 1.82) is 0 Å². The van der Waals surface area contributed by atoms with Gasteiger partial charge in [-0.05, 0) is 61.7 Å². The third kappa shape index (κ3) is 4.36. The standard InChI is InChI=1S/C26H28N2O3/c1-4-14-31-24-10-6-5-9-21(24)20-15-22(19-11-12-23(29)25(16-19)30-3)27-26(17-20)28-13-7-8-18(28)2/h4-6,9-12,15-18,29H,1,7-8,13-14H2,2-3H3. The molecule has 4 rings (SSSR count). The number of nitrogens with zero attached hydrogens (tertiary/aromatic N) is 2. The molecule has 1 atom stereocenters. The molecular formula is C26H28N2O3. The lowest BCUT2D eigenvalue weighted by molar-refractivity contribution is 0.365. The number of aromatic hydroxyl groups is 1. The van der Waals surface area contributed by atoms with Gasteiger partial charge in [0.15, 0.2) is 11.5 Å². The molecule has 160 valence electrons. The Kier molecular flexibility index (Phi) is 6.12. The van der Waals surface area contributed by atoms with Crippen LogP contribution in [-0.4, -0.2) is 36.4 Å². The number of phenols is 1. The average molecular weight is 417 g/mol. The zero-order valence-electron chi connectivity index (χ0n) is 18.0. The van der Waals surface area contributed by atoms with E-state index in [9.17, 15) is 5.11 Å². The van der Waals surface area contributed by atoms with Crippen molar-refractivity contribution in [3.63, 3.8) is 0 Å². The first kappa shape index (κ1) is 20.8. The molecule has 1 fully saturated rings. The number of ether oxygens (including phenoxy) is 2. The molecule has 0 radical (unpaired) electrons. The first-order valence-electron chi connectivity index (χ1n) is 10.6.